The number of rotatable bonds is 5. The van der Waals surface area contributed by atoms with Gasteiger partial charge in [0, 0.05) is 17.6 Å². The van der Waals surface area contributed by atoms with E-state index < -0.39 is 10.0 Å². The average molecular weight is 417 g/mol. The molecular weight excluding hydrogens is 401 g/mol. The van der Waals surface area contributed by atoms with Crippen molar-refractivity contribution in [3.05, 3.63) is 26.7 Å². The lowest BCUT2D eigenvalue weighted by Gasteiger charge is -2.22. The van der Waals surface area contributed by atoms with Crippen molar-refractivity contribution >= 4 is 49.2 Å². The van der Waals surface area contributed by atoms with Crippen LogP contribution in [0.1, 0.15) is 25.7 Å². The summed E-state index contributed by atoms with van der Waals surface area (Å²) in [4.78, 5) is -0.0846. The van der Waals surface area contributed by atoms with Crippen molar-refractivity contribution < 1.29 is 13.2 Å². The van der Waals surface area contributed by atoms with Crippen LogP contribution in [0.5, 0.6) is 0 Å². The minimum absolute atomic E-state index is 0.0846. The maximum absolute atomic E-state index is 12.3. The normalized spacial score (nSPS) is 19.7. The molecule has 0 amide bonds. The van der Waals surface area contributed by atoms with Crippen LogP contribution in [0.3, 0.4) is 0 Å². The highest BCUT2D eigenvalue weighted by Crippen LogP contribution is 2.32. The molecule has 0 radical (unpaired) electrons. The predicted molar refractivity (Wildman–Crippen MR) is 87.6 cm³/mol. The third kappa shape index (κ3) is 4.81. The van der Waals surface area contributed by atoms with E-state index in [4.69, 9.17) is 27.9 Å². The summed E-state index contributed by atoms with van der Waals surface area (Å²) < 4.78 is 33.3. The minimum atomic E-state index is -3.73. The molecule has 1 atom stereocenters. The second kappa shape index (κ2) is 7.62. The summed E-state index contributed by atoms with van der Waals surface area (Å²) in [5.41, 5.74) is 0. The first-order valence-corrected chi connectivity index (χ1v) is 9.69. The highest BCUT2D eigenvalue weighted by Gasteiger charge is 2.23. The second-order valence-electron chi connectivity index (χ2n) is 4.87. The van der Waals surface area contributed by atoms with Crippen LogP contribution in [0, 0.1) is 0 Å². The van der Waals surface area contributed by atoms with Crippen molar-refractivity contribution in [2.75, 3.05) is 13.2 Å². The van der Waals surface area contributed by atoms with E-state index >= 15 is 0 Å². The summed E-state index contributed by atoms with van der Waals surface area (Å²) in [6, 6.07) is 3.01. The highest BCUT2D eigenvalue weighted by atomic mass is 79.9. The van der Waals surface area contributed by atoms with Gasteiger partial charge in [-0.2, -0.15) is 0 Å². The molecule has 2 rings (SSSR count). The fraction of sp³-hybridized carbons (Fsp3) is 0.538. The van der Waals surface area contributed by atoms with Gasteiger partial charge in [-0.15, -0.1) is 0 Å². The van der Waals surface area contributed by atoms with E-state index in [9.17, 15) is 8.42 Å². The summed E-state index contributed by atoms with van der Waals surface area (Å²) in [5, 5.41) is 0.187. The fourth-order valence-corrected chi connectivity index (χ4v) is 5.23. The van der Waals surface area contributed by atoms with Crippen LogP contribution < -0.4 is 4.72 Å². The smallest absolute Gasteiger partial charge is 0.243 e. The number of hydrogen-bond acceptors (Lipinski definition) is 3. The molecule has 1 aromatic rings. The largest absolute Gasteiger partial charge is 0.378 e. The summed E-state index contributed by atoms with van der Waals surface area (Å²) in [6.45, 7) is 1.05. The Kier molecular flexibility index (Phi) is 6.35. The van der Waals surface area contributed by atoms with Crippen molar-refractivity contribution in [1.29, 1.82) is 0 Å². The maximum Gasteiger partial charge on any atom is 0.243 e. The van der Waals surface area contributed by atoms with Crippen molar-refractivity contribution in [1.82, 2.24) is 4.72 Å². The fourth-order valence-electron chi connectivity index (χ4n) is 2.25. The Balaban J connectivity index is 2.01. The van der Waals surface area contributed by atoms with Crippen molar-refractivity contribution in [3.8, 4) is 0 Å². The van der Waals surface area contributed by atoms with Crippen LogP contribution >= 0.6 is 39.1 Å². The number of hydrogen-bond donors (Lipinski definition) is 1. The van der Waals surface area contributed by atoms with Crippen LogP contribution in [0.2, 0.25) is 10.0 Å². The Hall–Kier alpha value is 0.150. The molecule has 0 saturated carbocycles. The van der Waals surface area contributed by atoms with Crippen molar-refractivity contribution in [2.24, 2.45) is 0 Å². The molecule has 1 aliphatic rings. The molecule has 1 fully saturated rings. The van der Waals surface area contributed by atoms with Gasteiger partial charge >= 0.3 is 0 Å². The molecule has 1 saturated heterocycles. The third-order valence-electron chi connectivity index (χ3n) is 3.26. The quantitative estimate of drug-likeness (QED) is 0.789. The third-order valence-corrected chi connectivity index (χ3v) is 6.10. The lowest BCUT2D eigenvalue weighted by atomic mass is 10.1. The Morgan fingerprint density at radius 1 is 1.29 bits per heavy atom. The second-order valence-corrected chi connectivity index (χ2v) is 8.31. The van der Waals surface area contributed by atoms with Crippen molar-refractivity contribution in [2.45, 2.75) is 36.7 Å². The Morgan fingerprint density at radius 3 is 2.52 bits per heavy atom. The molecular formula is C13H16BrCl2NO3S. The first-order chi connectivity index (χ1) is 9.90. The van der Waals surface area contributed by atoms with E-state index in [2.05, 4.69) is 20.7 Å². The number of halogens is 3. The molecule has 1 N–H and O–H groups in total. The van der Waals surface area contributed by atoms with E-state index in [1.165, 1.54) is 12.1 Å². The van der Waals surface area contributed by atoms with Gasteiger partial charge in [-0.1, -0.05) is 39.1 Å². The monoisotopic (exact) mass is 415 g/mol. The van der Waals surface area contributed by atoms with Crippen LogP contribution in [-0.4, -0.2) is 27.7 Å². The molecule has 0 bridgehead atoms. The van der Waals surface area contributed by atoms with Gasteiger partial charge in [0.05, 0.1) is 16.1 Å². The van der Waals surface area contributed by atoms with E-state index in [0.717, 1.165) is 25.9 Å². The van der Waals surface area contributed by atoms with Gasteiger partial charge in [-0.25, -0.2) is 13.1 Å². The molecule has 21 heavy (non-hydrogen) atoms. The average Bonchev–Trinajstić information content (AvgIpc) is 2.38. The zero-order valence-electron chi connectivity index (χ0n) is 11.2. The first-order valence-electron chi connectivity index (χ1n) is 6.66. The molecule has 0 aromatic heterocycles. The molecule has 0 aliphatic carbocycles. The zero-order chi connectivity index (χ0) is 15.5. The predicted octanol–water partition coefficient (Wildman–Crippen LogP) is 3.99. The zero-order valence-corrected chi connectivity index (χ0v) is 15.2. The van der Waals surface area contributed by atoms with Crippen LogP contribution in [0.4, 0.5) is 0 Å². The Morgan fingerprint density at radius 2 is 1.95 bits per heavy atom. The lowest BCUT2D eigenvalue weighted by Crippen LogP contribution is -2.29. The summed E-state index contributed by atoms with van der Waals surface area (Å²) in [6.07, 6.45) is 3.94. The Bertz CT molecular complexity index is 580. The van der Waals surface area contributed by atoms with Crippen LogP contribution in [-0.2, 0) is 14.8 Å². The highest BCUT2D eigenvalue weighted by molar-refractivity contribution is 9.10. The lowest BCUT2D eigenvalue weighted by molar-refractivity contribution is 0.0123. The van der Waals surface area contributed by atoms with E-state index in [1.54, 1.807) is 0 Å². The number of nitrogens with one attached hydrogen (secondary N) is 1. The topological polar surface area (TPSA) is 55.4 Å². The minimum Gasteiger partial charge on any atom is -0.378 e. The molecule has 8 heteroatoms. The first kappa shape index (κ1) is 17.5. The van der Waals surface area contributed by atoms with E-state index in [0.29, 0.717) is 17.4 Å². The summed E-state index contributed by atoms with van der Waals surface area (Å²) in [7, 11) is -3.73. The van der Waals surface area contributed by atoms with Gasteiger partial charge in [-0.3, -0.25) is 0 Å². The Labute approximate surface area is 143 Å². The van der Waals surface area contributed by atoms with Gasteiger partial charge in [-0.05, 0) is 37.8 Å². The number of ether oxygens (including phenoxy) is 1. The van der Waals surface area contributed by atoms with Gasteiger partial charge in [0.1, 0.15) is 4.90 Å². The van der Waals surface area contributed by atoms with Gasteiger partial charge in [0.25, 0.3) is 0 Å². The maximum atomic E-state index is 12.3. The summed E-state index contributed by atoms with van der Waals surface area (Å²) in [5.74, 6) is 0. The standard InChI is InChI=1S/C13H16BrCl2NO3S/c14-9-7-11(15)13(12(16)8-9)21(18,19)17-5-4-10-3-1-2-6-20-10/h7-8,10,17H,1-6H2. The number of benzene rings is 1. The molecule has 1 unspecified atom stereocenters. The van der Waals surface area contributed by atoms with Gasteiger partial charge < -0.3 is 4.74 Å². The molecule has 0 spiro atoms. The molecule has 1 aliphatic heterocycles. The van der Waals surface area contributed by atoms with E-state index in [-0.39, 0.29) is 21.0 Å². The summed E-state index contributed by atoms with van der Waals surface area (Å²) >= 11 is 15.2. The number of sulfonamides is 1. The molecule has 1 aromatic carbocycles. The van der Waals surface area contributed by atoms with Crippen molar-refractivity contribution in [3.63, 3.8) is 0 Å². The molecule has 118 valence electrons. The molecule has 1 heterocycles. The van der Waals surface area contributed by atoms with Crippen LogP contribution in [0.25, 0.3) is 0 Å². The van der Waals surface area contributed by atoms with Gasteiger partial charge in [0.15, 0.2) is 0 Å². The van der Waals surface area contributed by atoms with E-state index in [1.807, 2.05) is 0 Å². The van der Waals surface area contributed by atoms with Gasteiger partial charge in [0.2, 0.25) is 10.0 Å². The SMILES string of the molecule is O=S(=O)(NCCC1CCCCO1)c1c(Cl)cc(Br)cc1Cl. The van der Waals surface area contributed by atoms with Crippen LogP contribution in [0.15, 0.2) is 21.5 Å². The molecule has 4 nitrogen and oxygen atoms in total.